The van der Waals surface area contributed by atoms with Gasteiger partial charge in [0.05, 0.1) is 0 Å². The van der Waals surface area contributed by atoms with Gasteiger partial charge < -0.3 is 10.2 Å². The molecule has 1 aliphatic rings. The molecular formula is C15H24N3. The average Bonchev–Trinajstić information content (AvgIpc) is 2.82. The lowest BCUT2D eigenvalue weighted by Crippen LogP contribution is -2.45. The molecule has 0 aromatic heterocycles. The van der Waals surface area contributed by atoms with Crippen LogP contribution >= 0.6 is 0 Å². The van der Waals surface area contributed by atoms with Crippen LogP contribution in [0.1, 0.15) is 12.0 Å². The van der Waals surface area contributed by atoms with Crippen LogP contribution < -0.4 is 10.6 Å². The van der Waals surface area contributed by atoms with Gasteiger partial charge in [-0.15, -0.1) is 0 Å². The number of nitrogens with zero attached hydrogens (tertiary/aromatic N) is 2. The first-order valence-electron chi connectivity index (χ1n) is 6.82. The summed E-state index contributed by atoms with van der Waals surface area (Å²) < 4.78 is 0. The molecule has 2 rings (SSSR count). The molecule has 2 unspecified atom stereocenters. The lowest BCUT2D eigenvalue weighted by Gasteiger charge is -2.25. The summed E-state index contributed by atoms with van der Waals surface area (Å²) in [6.45, 7) is 3.09. The molecule has 1 radical (unpaired) electrons. The fourth-order valence-corrected chi connectivity index (χ4v) is 2.57. The first-order chi connectivity index (χ1) is 8.74. The minimum atomic E-state index is 0.515. The van der Waals surface area contributed by atoms with Gasteiger partial charge in [-0.25, -0.2) is 5.32 Å². The summed E-state index contributed by atoms with van der Waals surface area (Å²) in [5.74, 6) is 0. The van der Waals surface area contributed by atoms with E-state index in [9.17, 15) is 0 Å². The van der Waals surface area contributed by atoms with Crippen molar-refractivity contribution in [1.29, 1.82) is 0 Å². The van der Waals surface area contributed by atoms with E-state index in [0.29, 0.717) is 12.1 Å². The zero-order valence-corrected chi connectivity index (χ0v) is 11.5. The normalized spacial score (nSPS) is 21.4. The van der Waals surface area contributed by atoms with Gasteiger partial charge in [0.25, 0.3) is 0 Å². The molecule has 99 valence electrons. The minimum absolute atomic E-state index is 0.515. The van der Waals surface area contributed by atoms with Crippen molar-refractivity contribution in [3.05, 3.63) is 35.9 Å². The topological polar surface area (TPSA) is 29.4 Å². The van der Waals surface area contributed by atoms with Crippen LogP contribution in [0.15, 0.2) is 30.3 Å². The van der Waals surface area contributed by atoms with Gasteiger partial charge in [0.15, 0.2) is 0 Å². The maximum atomic E-state index is 4.43. The predicted octanol–water partition coefficient (Wildman–Crippen LogP) is 1.13. The molecular weight excluding hydrogens is 222 g/mol. The van der Waals surface area contributed by atoms with Crippen LogP contribution in [0.25, 0.3) is 0 Å². The molecule has 0 bridgehead atoms. The Bertz CT molecular complexity index is 331. The van der Waals surface area contributed by atoms with Gasteiger partial charge >= 0.3 is 0 Å². The van der Waals surface area contributed by atoms with Crippen molar-refractivity contribution in [1.82, 2.24) is 15.5 Å². The van der Waals surface area contributed by atoms with Gasteiger partial charge in [0.1, 0.15) is 0 Å². The van der Waals surface area contributed by atoms with Crippen LogP contribution in [0, 0.1) is 0 Å². The van der Waals surface area contributed by atoms with Crippen molar-refractivity contribution in [3.8, 4) is 0 Å². The van der Waals surface area contributed by atoms with Crippen molar-refractivity contribution in [2.24, 2.45) is 0 Å². The Morgan fingerprint density at radius 1 is 1.33 bits per heavy atom. The highest BCUT2D eigenvalue weighted by molar-refractivity contribution is 5.16. The molecule has 0 saturated carbocycles. The van der Waals surface area contributed by atoms with Crippen LogP contribution in [-0.2, 0) is 6.42 Å². The third kappa shape index (κ3) is 4.41. The van der Waals surface area contributed by atoms with Crippen molar-refractivity contribution in [2.75, 3.05) is 33.7 Å². The summed E-state index contributed by atoms with van der Waals surface area (Å²) in [7, 11) is 4.28. The molecule has 2 atom stereocenters. The van der Waals surface area contributed by atoms with Crippen LogP contribution in [-0.4, -0.2) is 50.7 Å². The maximum Gasteiger partial charge on any atom is 0.0288 e. The molecule has 0 aliphatic carbocycles. The highest BCUT2D eigenvalue weighted by Gasteiger charge is 2.20. The molecule has 1 aromatic rings. The van der Waals surface area contributed by atoms with E-state index in [-0.39, 0.29) is 0 Å². The smallest absolute Gasteiger partial charge is 0.0288 e. The minimum Gasteiger partial charge on any atom is -0.308 e. The Morgan fingerprint density at radius 2 is 2.11 bits per heavy atom. The number of nitrogens with one attached hydrogen (secondary N) is 1. The number of hydrogen-bond donors (Lipinski definition) is 1. The molecule has 1 aliphatic heterocycles. The SMILES string of the molecule is CN(C)CC(Cc1ccccc1)NC1CC[N]C1. The van der Waals surface area contributed by atoms with Gasteiger partial charge in [-0.3, -0.25) is 0 Å². The second-order valence-electron chi connectivity index (χ2n) is 5.43. The number of likely N-dealkylation sites (N-methyl/N-ethyl adjacent to an activating group) is 1. The van der Waals surface area contributed by atoms with Gasteiger partial charge in [-0.1, -0.05) is 30.3 Å². The first-order valence-corrected chi connectivity index (χ1v) is 6.82. The van der Waals surface area contributed by atoms with Crippen molar-refractivity contribution >= 4 is 0 Å². The third-order valence-corrected chi connectivity index (χ3v) is 3.37. The molecule has 1 saturated heterocycles. The highest BCUT2D eigenvalue weighted by Crippen LogP contribution is 2.07. The summed E-state index contributed by atoms with van der Waals surface area (Å²) in [6, 6.07) is 11.8. The van der Waals surface area contributed by atoms with E-state index in [0.717, 1.165) is 26.1 Å². The molecule has 1 aromatic carbocycles. The Labute approximate surface area is 111 Å². The van der Waals surface area contributed by atoms with Gasteiger partial charge in [0, 0.05) is 31.7 Å². The average molecular weight is 246 g/mol. The Balaban J connectivity index is 1.91. The lowest BCUT2D eigenvalue weighted by molar-refractivity contribution is 0.317. The second-order valence-corrected chi connectivity index (χ2v) is 5.43. The first kappa shape index (κ1) is 13.5. The van der Waals surface area contributed by atoms with Crippen LogP contribution in [0.2, 0.25) is 0 Å². The number of hydrogen-bond acceptors (Lipinski definition) is 2. The predicted molar refractivity (Wildman–Crippen MR) is 75.9 cm³/mol. The summed E-state index contributed by atoms with van der Waals surface area (Å²) in [5, 5.41) is 8.19. The Hall–Kier alpha value is -0.900. The zero-order chi connectivity index (χ0) is 12.8. The van der Waals surface area contributed by atoms with E-state index < -0.39 is 0 Å². The van der Waals surface area contributed by atoms with E-state index >= 15 is 0 Å². The fraction of sp³-hybridized carbons (Fsp3) is 0.600. The summed E-state index contributed by atoms with van der Waals surface area (Å²) in [6.07, 6.45) is 2.29. The van der Waals surface area contributed by atoms with Crippen molar-refractivity contribution < 1.29 is 0 Å². The van der Waals surface area contributed by atoms with E-state index in [2.05, 4.69) is 60.0 Å². The molecule has 3 heteroatoms. The summed E-state index contributed by atoms with van der Waals surface area (Å²) in [4.78, 5) is 2.26. The summed E-state index contributed by atoms with van der Waals surface area (Å²) >= 11 is 0. The van der Waals surface area contributed by atoms with Crippen LogP contribution in [0.3, 0.4) is 0 Å². The van der Waals surface area contributed by atoms with Crippen molar-refractivity contribution in [2.45, 2.75) is 24.9 Å². The highest BCUT2D eigenvalue weighted by atomic mass is 15.1. The van der Waals surface area contributed by atoms with Crippen LogP contribution in [0.5, 0.6) is 0 Å². The maximum absolute atomic E-state index is 4.43. The molecule has 0 amide bonds. The van der Waals surface area contributed by atoms with Crippen molar-refractivity contribution in [3.63, 3.8) is 0 Å². The molecule has 3 nitrogen and oxygen atoms in total. The standard InChI is InChI=1S/C15H24N3/c1-18(2)12-15(17-14-8-9-16-11-14)10-13-6-4-3-5-7-13/h3-7,14-15,17H,8-12H2,1-2H3. The molecule has 18 heavy (non-hydrogen) atoms. The van der Waals surface area contributed by atoms with Gasteiger partial charge in [-0.2, -0.15) is 0 Å². The Morgan fingerprint density at radius 3 is 2.72 bits per heavy atom. The largest absolute Gasteiger partial charge is 0.308 e. The van der Waals surface area contributed by atoms with E-state index in [1.165, 1.54) is 12.0 Å². The quantitative estimate of drug-likeness (QED) is 0.815. The summed E-state index contributed by atoms with van der Waals surface area (Å²) in [5.41, 5.74) is 1.41. The van der Waals surface area contributed by atoms with E-state index in [4.69, 9.17) is 0 Å². The second kappa shape index (κ2) is 6.88. The molecule has 1 N–H and O–H groups in total. The van der Waals surface area contributed by atoms with Gasteiger partial charge in [0.2, 0.25) is 0 Å². The lowest BCUT2D eigenvalue weighted by atomic mass is 10.0. The zero-order valence-electron chi connectivity index (χ0n) is 11.5. The third-order valence-electron chi connectivity index (χ3n) is 3.37. The monoisotopic (exact) mass is 246 g/mol. The fourth-order valence-electron chi connectivity index (χ4n) is 2.57. The molecule has 1 heterocycles. The molecule has 0 spiro atoms. The van der Waals surface area contributed by atoms with E-state index in [1.54, 1.807) is 0 Å². The molecule has 1 fully saturated rings. The Kier molecular flexibility index (Phi) is 5.17. The van der Waals surface area contributed by atoms with Crippen LogP contribution in [0.4, 0.5) is 0 Å². The van der Waals surface area contributed by atoms with E-state index in [1.807, 2.05) is 0 Å². The van der Waals surface area contributed by atoms with Gasteiger partial charge in [-0.05, 0) is 32.5 Å². The number of benzene rings is 1. The number of rotatable bonds is 6.